The summed E-state index contributed by atoms with van der Waals surface area (Å²) in [6.45, 7) is 2.53. The van der Waals surface area contributed by atoms with E-state index in [0.29, 0.717) is 6.54 Å². The van der Waals surface area contributed by atoms with Crippen LogP contribution in [0.5, 0.6) is 0 Å². The summed E-state index contributed by atoms with van der Waals surface area (Å²) in [7, 11) is -2.18. The Bertz CT molecular complexity index is 744. The molecule has 0 aliphatic carbocycles. The monoisotopic (exact) mass is 306 g/mol. The van der Waals surface area contributed by atoms with Crippen molar-refractivity contribution in [2.24, 2.45) is 0 Å². The van der Waals surface area contributed by atoms with Crippen molar-refractivity contribution >= 4 is 21.4 Å². The highest BCUT2D eigenvalue weighted by atomic mass is 32.2. The summed E-state index contributed by atoms with van der Waals surface area (Å²) >= 11 is 0. The second kappa shape index (κ2) is 6.11. The predicted molar refractivity (Wildman–Crippen MR) is 83.4 cm³/mol. The minimum atomic E-state index is -3.53. The van der Waals surface area contributed by atoms with E-state index in [1.54, 1.807) is 18.3 Å². The van der Waals surface area contributed by atoms with Crippen LogP contribution in [-0.4, -0.2) is 20.4 Å². The summed E-state index contributed by atoms with van der Waals surface area (Å²) in [4.78, 5) is 4.36. The van der Waals surface area contributed by atoms with Gasteiger partial charge in [-0.25, -0.2) is 13.1 Å². The Morgan fingerprint density at radius 1 is 1.29 bits per heavy atom. The van der Waals surface area contributed by atoms with Crippen molar-refractivity contribution in [3.63, 3.8) is 0 Å². The maximum absolute atomic E-state index is 11.7. The fourth-order valence-electron chi connectivity index (χ4n) is 1.90. The molecule has 6 nitrogen and oxygen atoms in total. The van der Waals surface area contributed by atoms with Crippen LogP contribution in [0.25, 0.3) is 0 Å². The zero-order valence-electron chi connectivity index (χ0n) is 11.9. The molecule has 0 aliphatic heterocycles. The topological polar surface area (TPSA) is 97.1 Å². The van der Waals surface area contributed by atoms with Crippen LogP contribution in [0.15, 0.2) is 41.4 Å². The van der Waals surface area contributed by atoms with Gasteiger partial charge in [-0.1, -0.05) is 6.07 Å². The highest BCUT2D eigenvalue weighted by Crippen LogP contribution is 2.22. The lowest BCUT2D eigenvalue weighted by Crippen LogP contribution is -2.20. The maximum Gasteiger partial charge on any atom is 0.242 e. The number of hydrogen-bond acceptors (Lipinski definition) is 5. The van der Waals surface area contributed by atoms with Crippen LogP contribution in [-0.2, 0) is 16.6 Å². The van der Waals surface area contributed by atoms with Gasteiger partial charge in [-0.15, -0.1) is 0 Å². The molecule has 0 atom stereocenters. The molecule has 0 saturated heterocycles. The summed E-state index contributed by atoms with van der Waals surface area (Å²) < 4.78 is 25.7. The summed E-state index contributed by atoms with van der Waals surface area (Å²) in [6, 6.07) is 8.63. The molecule has 0 aliphatic rings. The maximum atomic E-state index is 11.7. The summed E-state index contributed by atoms with van der Waals surface area (Å²) in [5, 5.41) is 3.18. The molecule has 21 heavy (non-hydrogen) atoms. The number of hydrogen-bond donors (Lipinski definition) is 3. The van der Waals surface area contributed by atoms with E-state index in [2.05, 4.69) is 15.0 Å². The van der Waals surface area contributed by atoms with E-state index in [1.807, 2.05) is 19.1 Å². The highest BCUT2D eigenvalue weighted by molar-refractivity contribution is 7.89. The molecule has 7 heteroatoms. The quantitative estimate of drug-likeness (QED) is 0.727. The van der Waals surface area contributed by atoms with Gasteiger partial charge in [-0.2, -0.15) is 0 Å². The summed E-state index contributed by atoms with van der Waals surface area (Å²) in [5.41, 5.74) is 8.77. The van der Waals surface area contributed by atoms with Gasteiger partial charge in [-0.3, -0.25) is 4.98 Å². The number of rotatable bonds is 5. The van der Waals surface area contributed by atoms with Gasteiger partial charge < -0.3 is 11.1 Å². The van der Waals surface area contributed by atoms with Crippen LogP contribution in [0.2, 0.25) is 0 Å². The number of sulfonamides is 1. The molecule has 0 spiro atoms. The highest BCUT2D eigenvalue weighted by Gasteiger charge is 2.15. The van der Waals surface area contributed by atoms with E-state index in [1.165, 1.54) is 13.1 Å². The largest absolute Gasteiger partial charge is 0.398 e. The van der Waals surface area contributed by atoms with Crippen LogP contribution >= 0.6 is 0 Å². The average molecular weight is 306 g/mol. The molecule has 0 saturated carbocycles. The number of anilines is 2. The van der Waals surface area contributed by atoms with Crippen molar-refractivity contribution in [1.29, 1.82) is 0 Å². The smallest absolute Gasteiger partial charge is 0.242 e. The first kappa shape index (κ1) is 15.3. The summed E-state index contributed by atoms with van der Waals surface area (Å²) in [6.07, 6.45) is 1.74. The Morgan fingerprint density at radius 2 is 2.05 bits per heavy atom. The molecule has 4 N–H and O–H groups in total. The Hall–Kier alpha value is -2.12. The van der Waals surface area contributed by atoms with Gasteiger partial charge in [0.25, 0.3) is 0 Å². The second-order valence-electron chi connectivity index (χ2n) is 4.58. The number of benzene rings is 1. The van der Waals surface area contributed by atoms with E-state index in [9.17, 15) is 8.42 Å². The van der Waals surface area contributed by atoms with Gasteiger partial charge in [0.05, 0.1) is 17.9 Å². The van der Waals surface area contributed by atoms with Crippen molar-refractivity contribution in [3.8, 4) is 0 Å². The molecule has 1 aromatic heterocycles. The van der Waals surface area contributed by atoms with Crippen molar-refractivity contribution in [2.75, 3.05) is 18.1 Å². The van der Waals surface area contributed by atoms with Gasteiger partial charge in [0.15, 0.2) is 0 Å². The van der Waals surface area contributed by atoms with E-state index in [4.69, 9.17) is 5.73 Å². The zero-order chi connectivity index (χ0) is 15.5. The fraction of sp³-hybridized carbons (Fsp3) is 0.214. The minimum Gasteiger partial charge on any atom is -0.398 e. The van der Waals surface area contributed by atoms with Crippen molar-refractivity contribution in [2.45, 2.75) is 18.4 Å². The van der Waals surface area contributed by atoms with E-state index >= 15 is 0 Å². The molecule has 0 radical (unpaired) electrons. The van der Waals surface area contributed by atoms with Gasteiger partial charge in [-0.05, 0) is 43.8 Å². The van der Waals surface area contributed by atoms with Crippen molar-refractivity contribution in [1.82, 2.24) is 9.71 Å². The standard InChI is InChI=1S/C14H18N4O2S/c1-10-4-3-7-17-13(10)9-18-11-5-6-14(12(15)8-11)21(19,20)16-2/h3-8,16,18H,9,15H2,1-2H3. The van der Waals surface area contributed by atoms with E-state index < -0.39 is 10.0 Å². The van der Waals surface area contributed by atoms with Gasteiger partial charge in [0.1, 0.15) is 4.90 Å². The molecule has 112 valence electrons. The first-order valence-electron chi connectivity index (χ1n) is 6.41. The predicted octanol–water partition coefficient (Wildman–Crippen LogP) is 1.49. The molecule has 1 heterocycles. The number of nitrogens with two attached hydrogens (primary N) is 1. The number of nitrogens with zero attached hydrogens (tertiary/aromatic N) is 1. The first-order chi connectivity index (χ1) is 9.94. The van der Waals surface area contributed by atoms with Crippen LogP contribution in [0.4, 0.5) is 11.4 Å². The molecule has 0 bridgehead atoms. The molecule has 1 aromatic carbocycles. The lowest BCUT2D eigenvalue weighted by molar-refractivity contribution is 0.588. The summed E-state index contributed by atoms with van der Waals surface area (Å²) in [5.74, 6) is 0. The fourth-order valence-corrected chi connectivity index (χ4v) is 2.74. The number of pyridine rings is 1. The first-order valence-corrected chi connectivity index (χ1v) is 7.90. The Balaban J connectivity index is 2.17. The Morgan fingerprint density at radius 3 is 2.67 bits per heavy atom. The van der Waals surface area contributed by atoms with Crippen LogP contribution in [0, 0.1) is 6.92 Å². The third kappa shape index (κ3) is 3.50. The lowest BCUT2D eigenvalue weighted by Gasteiger charge is -2.11. The number of nitrogen functional groups attached to an aromatic ring is 1. The third-order valence-electron chi connectivity index (χ3n) is 3.15. The molecule has 0 unspecified atom stereocenters. The van der Waals surface area contributed by atoms with Crippen molar-refractivity contribution < 1.29 is 8.42 Å². The lowest BCUT2D eigenvalue weighted by atomic mass is 10.2. The Kier molecular flexibility index (Phi) is 4.44. The van der Waals surface area contributed by atoms with Gasteiger partial charge in [0.2, 0.25) is 10.0 Å². The van der Waals surface area contributed by atoms with E-state index in [0.717, 1.165) is 16.9 Å². The third-order valence-corrected chi connectivity index (χ3v) is 4.63. The molecule has 2 aromatic rings. The number of nitrogens with one attached hydrogen (secondary N) is 2. The van der Waals surface area contributed by atoms with Crippen LogP contribution in [0.3, 0.4) is 0 Å². The number of aryl methyl sites for hydroxylation is 1. The average Bonchev–Trinajstić information content (AvgIpc) is 2.46. The van der Waals surface area contributed by atoms with E-state index in [-0.39, 0.29) is 10.6 Å². The van der Waals surface area contributed by atoms with Gasteiger partial charge >= 0.3 is 0 Å². The molecular weight excluding hydrogens is 288 g/mol. The SMILES string of the molecule is CNS(=O)(=O)c1ccc(NCc2ncccc2C)cc1N. The Labute approximate surface area is 124 Å². The van der Waals surface area contributed by atoms with Crippen molar-refractivity contribution in [3.05, 3.63) is 47.8 Å². The minimum absolute atomic E-state index is 0.0737. The van der Waals surface area contributed by atoms with Crippen LogP contribution in [0.1, 0.15) is 11.3 Å². The molecular formula is C14H18N4O2S. The molecule has 0 fully saturated rings. The second-order valence-corrected chi connectivity index (χ2v) is 6.44. The molecule has 0 amide bonds. The van der Waals surface area contributed by atoms with Crippen LogP contribution < -0.4 is 15.8 Å². The normalized spacial score (nSPS) is 11.3. The van der Waals surface area contributed by atoms with Gasteiger partial charge in [0, 0.05) is 11.9 Å². The number of aromatic nitrogens is 1. The zero-order valence-corrected chi connectivity index (χ0v) is 12.7. The molecule has 2 rings (SSSR count).